The number of aliphatic hydroxyl groups is 1. The molecule has 2 fully saturated rings. The number of aliphatic hydroxyl groups excluding tert-OH is 1. The largest absolute Gasteiger partial charge is 0.391 e. The maximum atomic E-state index is 13.2. The zero-order valence-electron chi connectivity index (χ0n) is 11.3. The van der Waals surface area contributed by atoms with Crippen molar-refractivity contribution in [1.29, 1.82) is 0 Å². The van der Waals surface area contributed by atoms with Gasteiger partial charge in [0.25, 0.3) is 0 Å². The van der Waals surface area contributed by atoms with Gasteiger partial charge in [0, 0.05) is 32.1 Å². The summed E-state index contributed by atoms with van der Waals surface area (Å²) in [5.74, 6) is -1.06. The molecule has 1 spiro atoms. The maximum Gasteiger partial charge on any atom is 0.126 e. The fourth-order valence-corrected chi connectivity index (χ4v) is 3.25. The lowest BCUT2D eigenvalue weighted by molar-refractivity contribution is -0.0456. The van der Waals surface area contributed by atoms with Crippen molar-refractivity contribution in [3.05, 3.63) is 35.4 Å². The van der Waals surface area contributed by atoms with Crippen molar-refractivity contribution < 1.29 is 18.6 Å². The van der Waals surface area contributed by atoms with E-state index in [0.29, 0.717) is 25.1 Å². The van der Waals surface area contributed by atoms with Crippen LogP contribution in [0.1, 0.15) is 24.8 Å². The normalized spacial score (nSPS) is 26.2. The monoisotopic (exact) mass is 283 g/mol. The maximum absolute atomic E-state index is 13.2. The molecule has 1 aromatic rings. The van der Waals surface area contributed by atoms with Crippen molar-refractivity contribution in [2.24, 2.45) is 0 Å². The van der Waals surface area contributed by atoms with E-state index < -0.39 is 11.6 Å². The van der Waals surface area contributed by atoms with E-state index in [1.54, 1.807) is 0 Å². The first kappa shape index (κ1) is 13.9. The number of nitrogens with zero attached hydrogens (tertiary/aromatic N) is 1. The Hall–Kier alpha value is -1.04. The van der Waals surface area contributed by atoms with Gasteiger partial charge in [0.1, 0.15) is 11.6 Å². The molecule has 0 amide bonds. The van der Waals surface area contributed by atoms with Crippen molar-refractivity contribution in [3.63, 3.8) is 0 Å². The lowest BCUT2D eigenvalue weighted by Gasteiger charge is -2.38. The molecule has 2 aliphatic heterocycles. The van der Waals surface area contributed by atoms with Crippen LogP contribution in [0.4, 0.5) is 8.78 Å². The van der Waals surface area contributed by atoms with Crippen molar-refractivity contribution in [2.75, 3.05) is 19.7 Å². The second-order valence-corrected chi connectivity index (χ2v) is 5.91. The van der Waals surface area contributed by atoms with E-state index in [2.05, 4.69) is 4.90 Å². The highest BCUT2D eigenvalue weighted by Gasteiger charge is 2.41. The third-order valence-electron chi connectivity index (χ3n) is 4.29. The number of hydrogen-bond acceptors (Lipinski definition) is 3. The van der Waals surface area contributed by atoms with Gasteiger partial charge in [0.15, 0.2) is 0 Å². The van der Waals surface area contributed by atoms with Gasteiger partial charge in [0.05, 0.1) is 18.3 Å². The lowest BCUT2D eigenvalue weighted by Crippen LogP contribution is -2.43. The first-order chi connectivity index (χ1) is 9.55. The highest BCUT2D eigenvalue weighted by molar-refractivity contribution is 5.18. The molecule has 3 nitrogen and oxygen atoms in total. The number of rotatable bonds is 2. The quantitative estimate of drug-likeness (QED) is 0.902. The van der Waals surface area contributed by atoms with Crippen molar-refractivity contribution in [2.45, 2.75) is 37.5 Å². The molecule has 0 radical (unpaired) electrons. The molecule has 2 aliphatic rings. The van der Waals surface area contributed by atoms with Gasteiger partial charge in [-0.2, -0.15) is 0 Å². The van der Waals surface area contributed by atoms with Crippen LogP contribution in [0.5, 0.6) is 0 Å². The molecule has 0 saturated carbocycles. The number of likely N-dealkylation sites (tertiary alicyclic amines) is 1. The molecule has 0 unspecified atom stereocenters. The predicted molar refractivity (Wildman–Crippen MR) is 70.2 cm³/mol. The van der Waals surface area contributed by atoms with E-state index in [4.69, 9.17) is 4.74 Å². The van der Waals surface area contributed by atoms with Crippen molar-refractivity contribution >= 4 is 0 Å². The minimum absolute atomic E-state index is 0.177. The van der Waals surface area contributed by atoms with E-state index in [0.717, 1.165) is 32.0 Å². The highest BCUT2D eigenvalue weighted by atomic mass is 19.1. The smallest absolute Gasteiger partial charge is 0.126 e. The van der Waals surface area contributed by atoms with Gasteiger partial charge in [-0.15, -0.1) is 0 Å². The molecule has 2 saturated heterocycles. The molecule has 20 heavy (non-hydrogen) atoms. The number of hydrogen-bond donors (Lipinski definition) is 1. The summed E-state index contributed by atoms with van der Waals surface area (Å²) >= 11 is 0. The highest BCUT2D eigenvalue weighted by Crippen LogP contribution is 2.36. The Balaban J connectivity index is 1.58. The van der Waals surface area contributed by atoms with Gasteiger partial charge in [-0.25, -0.2) is 8.78 Å². The Bertz CT molecular complexity index is 467. The average molecular weight is 283 g/mol. The molecule has 1 atom stereocenters. The molecule has 2 heterocycles. The second kappa shape index (κ2) is 5.39. The van der Waals surface area contributed by atoms with Crippen LogP contribution in [0.2, 0.25) is 0 Å². The summed E-state index contributed by atoms with van der Waals surface area (Å²) in [6, 6.07) is 3.65. The Morgan fingerprint density at radius 1 is 1.20 bits per heavy atom. The van der Waals surface area contributed by atoms with Crippen LogP contribution >= 0.6 is 0 Å². The van der Waals surface area contributed by atoms with E-state index in [1.807, 2.05) is 0 Å². The third-order valence-corrected chi connectivity index (χ3v) is 4.29. The summed E-state index contributed by atoms with van der Waals surface area (Å²) in [4.78, 5) is 2.17. The van der Waals surface area contributed by atoms with Crippen LogP contribution in [0.3, 0.4) is 0 Å². The van der Waals surface area contributed by atoms with E-state index in [1.165, 1.54) is 12.1 Å². The third kappa shape index (κ3) is 3.00. The number of ether oxygens (including phenoxy) is 1. The van der Waals surface area contributed by atoms with E-state index >= 15 is 0 Å². The van der Waals surface area contributed by atoms with E-state index in [-0.39, 0.29) is 11.7 Å². The van der Waals surface area contributed by atoms with Crippen LogP contribution in [0, 0.1) is 11.6 Å². The Morgan fingerprint density at radius 3 is 2.40 bits per heavy atom. The van der Waals surface area contributed by atoms with Crippen molar-refractivity contribution in [3.8, 4) is 0 Å². The molecule has 1 N–H and O–H groups in total. The average Bonchev–Trinajstić information content (AvgIpc) is 2.73. The van der Waals surface area contributed by atoms with Crippen LogP contribution < -0.4 is 0 Å². The van der Waals surface area contributed by atoms with Crippen LogP contribution in [0.15, 0.2) is 18.2 Å². The minimum atomic E-state index is -0.532. The van der Waals surface area contributed by atoms with Gasteiger partial charge >= 0.3 is 0 Å². The molecule has 1 aromatic carbocycles. The predicted octanol–water partition coefficient (Wildman–Crippen LogP) is 2.08. The molecule has 3 rings (SSSR count). The van der Waals surface area contributed by atoms with Crippen LogP contribution in [-0.2, 0) is 11.3 Å². The SMILES string of the molecule is O[C@@H]1COC2(CCN(Cc3cc(F)cc(F)c3)CC2)C1. The first-order valence-electron chi connectivity index (χ1n) is 7.04. The van der Waals surface area contributed by atoms with Gasteiger partial charge < -0.3 is 9.84 Å². The molecule has 0 aromatic heterocycles. The second-order valence-electron chi connectivity index (χ2n) is 5.91. The summed E-state index contributed by atoms with van der Waals surface area (Å²) in [5, 5.41) is 9.59. The van der Waals surface area contributed by atoms with Gasteiger partial charge in [-0.3, -0.25) is 4.90 Å². The molecule has 110 valence electrons. The Kier molecular flexibility index (Phi) is 3.75. The number of halogens is 2. The summed E-state index contributed by atoms with van der Waals surface area (Å²) in [6.07, 6.45) is 2.08. The zero-order chi connectivity index (χ0) is 14.2. The fourth-order valence-electron chi connectivity index (χ4n) is 3.25. The van der Waals surface area contributed by atoms with Crippen LogP contribution in [0.25, 0.3) is 0 Å². The summed E-state index contributed by atoms with van der Waals surface area (Å²) in [7, 11) is 0. The Morgan fingerprint density at radius 2 is 1.85 bits per heavy atom. The standard InChI is InChI=1S/C15H19F2NO2/c16-12-5-11(6-13(17)7-12)9-18-3-1-15(2-4-18)8-14(19)10-20-15/h5-7,14,19H,1-4,8-10H2/t14-/m0/s1. The van der Waals surface area contributed by atoms with Crippen molar-refractivity contribution in [1.82, 2.24) is 4.90 Å². The molecule has 0 bridgehead atoms. The molecular weight excluding hydrogens is 264 g/mol. The minimum Gasteiger partial charge on any atom is -0.391 e. The van der Waals surface area contributed by atoms with Gasteiger partial charge in [0.2, 0.25) is 0 Å². The first-order valence-corrected chi connectivity index (χ1v) is 7.04. The number of benzene rings is 1. The fraction of sp³-hybridized carbons (Fsp3) is 0.600. The lowest BCUT2D eigenvalue weighted by atomic mass is 9.88. The zero-order valence-corrected chi connectivity index (χ0v) is 11.3. The van der Waals surface area contributed by atoms with Gasteiger partial charge in [-0.1, -0.05) is 0 Å². The Labute approximate surface area is 117 Å². The van der Waals surface area contributed by atoms with E-state index in [9.17, 15) is 13.9 Å². The van der Waals surface area contributed by atoms with Gasteiger partial charge in [-0.05, 0) is 30.5 Å². The molecular formula is C15H19F2NO2. The molecule has 0 aliphatic carbocycles. The van der Waals surface area contributed by atoms with Crippen LogP contribution in [-0.4, -0.2) is 41.4 Å². The topological polar surface area (TPSA) is 32.7 Å². The summed E-state index contributed by atoms with van der Waals surface area (Å²) in [6.45, 7) is 2.62. The summed E-state index contributed by atoms with van der Waals surface area (Å²) < 4.78 is 32.1. The molecule has 5 heteroatoms. The summed E-state index contributed by atoms with van der Waals surface area (Å²) in [5.41, 5.74) is 0.481. The number of piperidine rings is 1.